The molecule has 2 nitrogen and oxygen atoms in total. The van der Waals surface area contributed by atoms with E-state index in [-0.39, 0.29) is 0 Å². The number of nitrogens with zero attached hydrogens (tertiary/aromatic N) is 1. The summed E-state index contributed by atoms with van der Waals surface area (Å²) in [6.45, 7) is 0. The standard InChI is InChI=1S/C7H9NO/c1-2-4-7-6(3-1)8-5-9-7/h3,5,7H,1-2,4H2/q+1. The number of ether oxygens (including phenoxy) is 1. The van der Waals surface area contributed by atoms with E-state index in [1.165, 1.54) is 12.8 Å². The summed E-state index contributed by atoms with van der Waals surface area (Å²) in [4.78, 5) is 4.07. The van der Waals surface area contributed by atoms with E-state index in [4.69, 9.17) is 4.74 Å². The second-order valence-electron chi connectivity index (χ2n) is 2.42. The van der Waals surface area contributed by atoms with Crippen molar-refractivity contribution in [3.05, 3.63) is 11.8 Å². The fraction of sp³-hybridized carbons (Fsp3) is 0.571. The van der Waals surface area contributed by atoms with Gasteiger partial charge in [0.25, 0.3) is 5.70 Å². The van der Waals surface area contributed by atoms with E-state index < -0.39 is 0 Å². The summed E-state index contributed by atoms with van der Waals surface area (Å²) in [6, 6.07) is 0. The molecule has 1 heterocycles. The maximum atomic E-state index is 5.20. The smallest absolute Gasteiger partial charge is 0.399 e. The van der Waals surface area contributed by atoms with Crippen LogP contribution in [0.5, 0.6) is 0 Å². The molecule has 47 valence electrons. The first kappa shape index (κ1) is 5.03. The number of hydrogen-bond acceptors (Lipinski definition) is 2. The molecule has 9 heavy (non-hydrogen) atoms. The number of allylic oxidation sites excluding steroid dienone is 1. The molecular formula is C7H9NO+. The Balaban J connectivity index is 2.23. The topological polar surface area (TPSA) is 23.3 Å². The maximum Gasteiger partial charge on any atom is 0.399 e. The van der Waals surface area contributed by atoms with E-state index in [9.17, 15) is 0 Å². The van der Waals surface area contributed by atoms with Gasteiger partial charge in [-0.15, -0.1) is 0 Å². The highest BCUT2D eigenvalue weighted by Crippen LogP contribution is 2.20. The Bertz CT molecular complexity index is 172. The van der Waals surface area contributed by atoms with Crippen molar-refractivity contribution in [2.24, 2.45) is 0 Å². The normalized spacial score (nSPS) is 31.1. The van der Waals surface area contributed by atoms with Crippen LogP contribution in [0, 0.1) is 0 Å². The van der Waals surface area contributed by atoms with Crippen molar-refractivity contribution in [3.8, 4) is 0 Å². The van der Waals surface area contributed by atoms with Crippen LogP contribution in [-0.4, -0.2) is 12.5 Å². The Hall–Kier alpha value is -0.790. The largest absolute Gasteiger partial charge is 0.431 e. The fourth-order valence-corrected chi connectivity index (χ4v) is 1.27. The van der Waals surface area contributed by atoms with Crippen molar-refractivity contribution in [2.75, 3.05) is 0 Å². The van der Waals surface area contributed by atoms with Crippen LogP contribution in [0.25, 0.3) is 0 Å². The van der Waals surface area contributed by atoms with E-state index in [1.807, 2.05) is 0 Å². The lowest BCUT2D eigenvalue weighted by Crippen LogP contribution is -2.12. The van der Waals surface area contributed by atoms with Crippen molar-refractivity contribution in [1.29, 1.82) is 0 Å². The second-order valence-corrected chi connectivity index (χ2v) is 2.42. The van der Waals surface area contributed by atoms with Crippen LogP contribution in [0.15, 0.2) is 11.8 Å². The van der Waals surface area contributed by atoms with Gasteiger partial charge in [-0.1, -0.05) is 0 Å². The predicted octanol–water partition coefficient (Wildman–Crippen LogP) is 0.817. The lowest BCUT2D eigenvalue weighted by atomic mass is 10.0. The third-order valence-corrected chi connectivity index (χ3v) is 1.78. The van der Waals surface area contributed by atoms with Crippen molar-refractivity contribution < 1.29 is 4.74 Å². The van der Waals surface area contributed by atoms with Crippen LogP contribution in [0.2, 0.25) is 0 Å². The zero-order valence-electron chi connectivity index (χ0n) is 5.21. The second kappa shape index (κ2) is 1.87. The van der Waals surface area contributed by atoms with Crippen LogP contribution in [-0.2, 0) is 4.74 Å². The van der Waals surface area contributed by atoms with Crippen LogP contribution in [0.1, 0.15) is 19.3 Å². The molecule has 1 radical (unpaired) electrons. The molecule has 0 fully saturated rings. The summed E-state index contributed by atoms with van der Waals surface area (Å²) in [7, 11) is 0. The summed E-state index contributed by atoms with van der Waals surface area (Å²) < 4.78 is 5.20. The Morgan fingerprint density at radius 2 is 2.67 bits per heavy atom. The van der Waals surface area contributed by atoms with Gasteiger partial charge in [0.2, 0.25) is 0 Å². The van der Waals surface area contributed by atoms with E-state index in [0.717, 1.165) is 12.1 Å². The van der Waals surface area contributed by atoms with Gasteiger partial charge in [0, 0.05) is 0 Å². The molecule has 2 aliphatic rings. The van der Waals surface area contributed by atoms with Gasteiger partial charge in [-0.25, -0.2) is 0 Å². The molecule has 1 aliphatic heterocycles. The molecule has 1 atom stereocenters. The number of hydrogen-bond donors (Lipinski definition) is 0. The van der Waals surface area contributed by atoms with E-state index in [1.54, 1.807) is 6.40 Å². The van der Waals surface area contributed by atoms with Gasteiger partial charge in [0.15, 0.2) is 6.10 Å². The highest BCUT2D eigenvalue weighted by Gasteiger charge is 2.31. The first-order valence-electron chi connectivity index (χ1n) is 3.35. The van der Waals surface area contributed by atoms with Crippen molar-refractivity contribution in [3.63, 3.8) is 0 Å². The summed E-state index contributed by atoms with van der Waals surface area (Å²) in [5.74, 6) is 0. The molecule has 1 unspecified atom stereocenters. The number of fused-ring (bicyclic) bond motifs is 1. The van der Waals surface area contributed by atoms with Crippen LogP contribution >= 0.6 is 0 Å². The first-order chi connectivity index (χ1) is 4.47. The molecule has 0 saturated heterocycles. The fourth-order valence-electron chi connectivity index (χ4n) is 1.27. The Morgan fingerprint density at radius 1 is 1.67 bits per heavy atom. The first-order valence-corrected chi connectivity index (χ1v) is 3.35. The molecule has 0 bridgehead atoms. The highest BCUT2D eigenvalue weighted by molar-refractivity contribution is 5.52. The molecule has 0 N–H and O–H groups in total. The third-order valence-electron chi connectivity index (χ3n) is 1.78. The molecule has 0 amide bonds. The molecule has 0 aromatic carbocycles. The minimum absolute atomic E-state index is 0.304. The lowest BCUT2D eigenvalue weighted by Gasteiger charge is -2.07. The predicted molar refractivity (Wildman–Crippen MR) is 35.0 cm³/mol. The average Bonchev–Trinajstić information content (AvgIpc) is 2.33. The Labute approximate surface area is 54.2 Å². The molecule has 2 heteroatoms. The van der Waals surface area contributed by atoms with E-state index in [0.29, 0.717) is 6.10 Å². The maximum absolute atomic E-state index is 5.20. The highest BCUT2D eigenvalue weighted by atomic mass is 16.5. The summed E-state index contributed by atoms with van der Waals surface area (Å²) in [5, 5.41) is 0. The van der Waals surface area contributed by atoms with Crippen molar-refractivity contribution in [1.82, 2.24) is 4.99 Å². The van der Waals surface area contributed by atoms with E-state index >= 15 is 0 Å². The van der Waals surface area contributed by atoms with Gasteiger partial charge in [0.1, 0.15) is 4.99 Å². The SMILES string of the molecule is C1=[N+]C2=CCCCC2O1. The van der Waals surface area contributed by atoms with Crippen molar-refractivity contribution in [2.45, 2.75) is 25.4 Å². The van der Waals surface area contributed by atoms with Gasteiger partial charge >= 0.3 is 6.40 Å². The monoisotopic (exact) mass is 123 g/mol. The quantitative estimate of drug-likeness (QED) is 0.467. The van der Waals surface area contributed by atoms with Gasteiger partial charge in [0.05, 0.1) is 0 Å². The van der Waals surface area contributed by atoms with Gasteiger partial charge in [-0.2, -0.15) is 0 Å². The third kappa shape index (κ3) is 0.745. The summed E-state index contributed by atoms with van der Waals surface area (Å²) in [5.41, 5.74) is 1.14. The average molecular weight is 123 g/mol. The van der Waals surface area contributed by atoms with Crippen molar-refractivity contribution >= 4 is 6.40 Å². The molecular weight excluding hydrogens is 114 g/mol. The van der Waals surface area contributed by atoms with Crippen LogP contribution in [0.3, 0.4) is 0 Å². The minimum atomic E-state index is 0.304. The number of aliphatic imine (C=N–C) groups is 1. The number of rotatable bonds is 0. The lowest BCUT2D eigenvalue weighted by molar-refractivity contribution is 0.234. The molecule has 0 aromatic heterocycles. The molecule has 0 aromatic rings. The van der Waals surface area contributed by atoms with Gasteiger partial charge in [-0.05, 0) is 25.3 Å². The molecule has 0 saturated carbocycles. The zero-order valence-corrected chi connectivity index (χ0v) is 5.21. The minimum Gasteiger partial charge on any atom is -0.431 e. The van der Waals surface area contributed by atoms with Gasteiger partial charge in [-0.3, -0.25) is 0 Å². The van der Waals surface area contributed by atoms with Crippen LogP contribution in [0.4, 0.5) is 0 Å². The molecule has 1 aliphatic carbocycles. The molecule has 2 rings (SSSR count). The summed E-state index contributed by atoms with van der Waals surface area (Å²) >= 11 is 0. The molecule has 0 spiro atoms. The Kier molecular flexibility index (Phi) is 1.04. The summed E-state index contributed by atoms with van der Waals surface area (Å²) in [6.07, 6.45) is 7.59. The zero-order chi connectivity index (χ0) is 6.10. The van der Waals surface area contributed by atoms with Gasteiger partial charge < -0.3 is 4.74 Å². The van der Waals surface area contributed by atoms with Crippen LogP contribution < -0.4 is 4.99 Å². The Morgan fingerprint density at radius 3 is 3.56 bits per heavy atom. The van der Waals surface area contributed by atoms with E-state index in [2.05, 4.69) is 11.1 Å².